The van der Waals surface area contributed by atoms with Crippen LogP contribution in [-0.2, 0) is 11.3 Å². The van der Waals surface area contributed by atoms with E-state index < -0.39 is 0 Å². The maximum atomic E-state index is 11.4. The van der Waals surface area contributed by atoms with E-state index in [9.17, 15) is 4.79 Å². The molecule has 5 nitrogen and oxygen atoms in total. The number of carbonyl (C=O) groups is 1. The molecule has 0 unspecified atom stereocenters. The van der Waals surface area contributed by atoms with Crippen molar-refractivity contribution in [3.8, 4) is 28.7 Å². The van der Waals surface area contributed by atoms with Crippen molar-refractivity contribution in [2.75, 3.05) is 13.2 Å². The predicted molar refractivity (Wildman–Crippen MR) is 111 cm³/mol. The molecule has 146 valence electrons. The van der Waals surface area contributed by atoms with Gasteiger partial charge in [-0.3, -0.25) is 4.79 Å². The Bertz CT molecular complexity index is 963. The predicted octanol–water partition coefficient (Wildman–Crippen LogP) is 4.34. The van der Waals surface area contributed by atoms with Gasteiger partial charge in [-0.2, -0.15) is 5.26 Å². The quantitative estimate of drug-likeness (QED) is 0.555. The minimum absolute atomic E-state index is 0.139. The van der Waals surface area contributed by atoms with Gasteiger partial charge in [0.25, 0.3) is 0 Å². The molecule has 3 aromatic rings. The van der Waals surface area contributed by atoms with Gasteiger partial charge in [-0.05, 0) is 41.0 Å². The molecule has 0 aliphatic heterocycles. The van der Waals surface area contributed by atoms with Gasteiger partial charge in [0.05, 0.1) is 6.07 Å². The molecule has 0 saturated heterocycles. The van der Waals surface area contributed by atoms with Crippen LogP contribution in [0.2, 0.25) is 0 Å². The molecule has 5 heteroatoms. The summed E-state index contributed by atoms with van der Waals surface area (Å²) in [7, 11) is 0. The highest BCUT2D eigenvalue weighted by Crippen LogP contribution is 2.22. The second-order valence-electron chi connectivity index (χ2n) is 6.35. The zero-order valence-electron chi connectivity index (χ0n) is 16.0. The Hall–Kier alpha value is -3.78. The third-order valence-corrected chi connectivity index (χ3v) is 4.21. The zero-order valence-corrected chi connectivity index (χ0v) is 16.0. The molecule has 0 atom stereocenters. The summed E-state index contributed by atoms with van der Waals surface area (Å²) < 4.78 is 11.5. The molecule has 0 saturated carbocycles. The van der Waals surface area contributed by atoms with Crippen LogP contribution in [-0.4, -0.2) is 19.1 Å². The first-order valence-electron chi connectivity index (χ1n) is 9.38. The molecule has 0 aromatic heterocycles. The summed E-state index contributed by atoms with van der Waals surface area (Å²) in [6.07, 6.45) is -0.139. The molecule has 0 fully saturated rings. The van der Waals surface area contributed by atoms with Crippen LogP contribution in [0.3, 0.4) is 0 Å². The normalized spacial score (nSPS) is 10.0. The fourth-order valence-corrected chi connectivity index (χ4v) is 2.77. The number of carbonyl (C=O) groups excluding carboxylic acids is 1. The van der Waals surface area contributed by atoms with Gasteiger partial charge >= 0.3 is 0 Å². The molecule has 3 aromatic carbocycles. The van der Waals surface area contributed by atoms with Gasteiger partial charge in [0, 0.05) is 6.54 Å². The second kappa shape index (κ2) is 10.5. The molecule has 1 amide bonds. The maximum absolute atomic E-state index is 11.4. The van der Waals surface area contributed by atoms with E-state index >= 15 is 0 Å². The lowest BCUT2D eigenvalue weighted by atomic mass is 10.1. The number of ether oxygens (including phenoxy) is 2. The van der Waals surface area contributed by atoms with Crippen molar-refractivity contribution in [2.24, 2.45) is 0 Å². The Morgan fingerprint density at radius 2 is 1.52 bits per heavy atom. The molecule has 1 N–H and O–H groups in total. The monoisotopic (exact) mass is 386 g/mol. The molecule has 0 heterocycles. The summed E-state index contributed by atoms with van der Waals surface area (Å²) in [4.78, 5) is 11.4. The SMILES string of the molecule is N#CCC(=O)NCc1cccc(OCCOc2ccc(-c3ccccc3)cc2)c1. The number of amides is 1. The van der Waals surface area contributed by atoms with Crippen LogP contribution in [0.1, 0.15) is 12.0 Å². The highest BCUT2D eigenvalue weighted by molar-refractivity contribution is 5.77. The molecule has 0 spiro atoms. The van der Waals surface area contributed by atoms with Crippen LogP contribution in [0.25, 0.3) is 11.1 Å². The standard InChI is InChI=1S/C24H22N2O3/c25-14-13-24(27)26-18-19-5-4-8-23(17-19)29-16-15-28-22-11-9-21(10-12-22)20-6-2-1-3-7-20/h1-12,17H,13,15-16,18H2,(H,26,27). The van der Waals surface area contributed by atoms with Crippen molar-refractivity contribution in [2.45, 2.75) is 13.0 Å². The molecule has 0 aliphatic rings. The summed E-state index contributed by atoms with van der Waals surface area (Å²) in [6.45, 7) is 1.19. The third kappa shape index (κ3) is 6.40. The highest BCUT2D eigenvalue weighted by atomic mass is 16.5. The number of benzene rings is 3. The molecule has 29 heavy (non-hydrogen) atoms. The number of nitrogens with one attached hydrogen (secondary N) is 1. The van der Waals surface area contributed by atoms with Gasteiger partial charge < -0.3 is 14.8 Å². The first-order chi connectivity index (χ1) is 14.2. The molecule has 0 radical (unpaired) electrons. The van der Waals surface area contributed by atoms with Gasteiger partial charge in [0.15, 0.2) is 0 Å². The summed E-state index contributed by atoms with van der Waals surface area (Å²) >= 11 is 0. The van der Waals surface area contributed by atoms with E-state index in [1.165, 1.54) is 5.56 Å². The van der Waals surface area contributed by atoms with Crippen molar-refractivity contribution in [1.29, 1.82) is 5.26 Å². The van der Waals surface area contributed by atoms with Gasteiger partial charge in [0.1, 0.15) is 31.1 Å². The maximum Gasteiger partial charge on any atom is 0.234 e. The minimum atomic E-state index is -0.287. The molecule has 0 aliphatic carbocycles. The van der Waals surface area contributed by atoms with Crippen molar-refractivity contribution >= 4 is 5.91 Å². The van der Waals surface area contributed by atoms with E-state index in [1.54, 1.807) is 0 Å². The van der Waals surface area contributed by atoms with Gasteiger partial charge in [-0.15, -0.1) is 0 Å². The average Bonchev–Trinajstić information content (AvgIpc) is 2.77. The van der Waals surface area contributed by atoms with E-state index in [0.29, 0.717) is 25.5 Å². The smallest absolute Gasteiger partial charge is 0.234 e. The molecular formula is C24H22N2O3. The Kier molecular flexibility index (Phi) is 7.25. The summed E-state index contributed by atoms with van der Waals surface area (Å²) in [5.41, 5.74) is 3.23. The molecule has 3 rings (SSSR count). The topological polar surface area (TPSA) is 71.4 Å². The first-order valence-corrected chi connectivity index (χ1v) is 9.38. The third-order valence-electron chi connectivity index (χ3n) is 4.21. The summed E-state index contributed by atoms with van der Waals surface area (Å²) in [5, 5.41) is 11.2. The number of nitriles is 1. The van der Waals surface area contributed by atoms with E-state index in [-0.39, 0.29) is 12.3 Å². The minimum Gasteiger partial charge on any atom is -0.490 e. The van der Waals surface area contributed by atoms with Gasteiger partial charge in [-0.1, -0.05) is 54.6 Å². The Morgan fingerprint density at radius 1 is 0.828 bits per heavy atom. The Labute approximate surface area is 170 Å². The Morgan fingerprint density at radius 3 is 2.24 bits per heavy atom. The van der Waals surface area contributed by atoms with E-state index in [1.807, 2.05) is 72.8 Å². The van der Waals surface area contributed by atoms with Crippen LogP contribution in [0.5, 0.6) is 11.5 Å². The summed E-state index contributed by atoms with van der Waals surface area (Å²) in [5.74, 6) is 1.22. The number of nitrogens with zero attached hydrogens (tertiary/aromatic N) is 1. The summed E-state index contributed by atoms with van der Waals surface area (Å²) in [6, 6.07) is 27.5. The zero-order chi connectivity index (χ0) is 20.3. The highest BCUT2D eigenvalue weighted by Gasteiger charge is 2.02. The molecule has 0 bridgehead atoms. The Balaban J connectivity index is 1.43. The van der Waals surface area contributed by atoms with Crippen molar-refractivity contribution < 1.29 is 14.3 Å². The lowest BCUT2D eigenvalue weighted by molar-refractivity contribution is -0.120. The fourth-order valence-electron chi connectivity index (χ4n) is 2.77. The van der Waals surface area contributed by atoms with Crippen LogP contribution in [0, 0.1) is 11.3 Å². The van der Waals surface area contributed by atoms with Gasteiger partial charge in [0.2, 0.25) is 5.91 Å². The number of hydrogen-bond acceptors (Lipinski definition) is 4. The number of rotatable bonds is 9. The largest absolute Gasteiger partial charge is 0.490 e. The van der Waals surface area contributed by atoms with E-state index in [2.05, 4.69) is 17.4 Å². The second-order valence-corrected chi connectivity index (χ2v) is 6.35. The van der Waals surface area contributed by atoms with E-state index in [4.69, 9.17) is 14.7 Å². The lowest BCUT2D eigenvalue weighted by Gasteiger charge is -2.10. The van der Waals surface area contributed by atoms with Crippen molar-refractivity contribution in [3.05, 3.63) is 84.4 Å². The van der Waals surface area contributed by atoms with Crippen LogP contribution < -0.4 is 14.8 Å². The van der Waals surface area contributed by atoms with E-state index in [0.717, 1.165) is 16.9 Å². The lowest BCUT2D eigenvalue weighted by Crippen LogP contribution is -2.21. The van der Waals surface area contributed by atoms with Crippen molar-refractivity contribution in [1.82, 2.24) is 5.32 Å². The van der Waals surface area contributed by atoms with Crippen LogP contribution in [0.15, 0.2) is 78.9 Å². The van der Waals surface area contributed by atoms with Gasteiger partial charge in [-0.25, -0.2) is 0 Å². The molecular weight excluding hydrogens is 364 g/mol. The van der Waals surface area contributed by atoms with Crippen LogP contribution in [0.4, 0.5) is 0 Å². The number of hydrogen-bond donors (Lipinski definition) is 1. The first kappa shape index (κ1) is 20.0. The average molecular weight is 386 g/mol. The van der Waals surface area contributed by atoms with Crippen molar-refractivity contribution in [3.63, 3.8) is 0 Å². The van der Waals surface area contributed by atoms with Crippen LogP contribution >= 0.6 is 0 Å². The fraction of sp³-hybridized carbons (Fsp3) is 0.167.